The van der Waals surface area contributed by atoms with E-state index in [9.17, 15) is 9.18 Å². The average Bonchev–Trinajstić information content (AvgIpc) is 2.68. The van der Waals surface area contributed by atoms with Gasteiger partial charge in [0.1, 0.15) is 5.82 Å². The number of hydrogen-bond acceptors (Lipinski definition) is 5. The van der Waals surface area contributed by atoms with Gasteiger partial charge in [-0.2, -0.15) is 23.5 Å². The highest BCUT2D eigenvalue weighted by Crippen LogP contribution is 2.33. The molecule has 2 aromatic rings. The highest BCUT2D eigenvalue weighted by Gasteiger charge is 2.26. The van der Waals surface area contributed by atoms with E-state index in [0.29, 0.717) is 5.56 Å². The van der Waals surface area contributed by atoms with Crippen LogP contribution in [0.25, 0.3) is 10.9 Å². The maximum absolute atomic E-state index is 13.9. The number of anilines is 1. The molecule has 132 valence electrons. The molecule has 0 atom stereocenters. The molecule has 0 spiro atoms. The van der Waals surface area contributed by atoms with Crippen LogP contribution >= 0.6 is 23.5 Å². The van der Waals surface area contributed by atoms with Crippen LogP contribution in [0.2, 0.25) is 0 Å². The molecule has 2 aliphatic rings. The predicted octanol–water partition coefficient (Wildman–Crippen LogP) is 3.12. The van der Waals surface area contributed by atoms with Gasteiger partial charge in [0.05, 0.1) is 16.8 Å². The molecule has 0 saturated carbocycles. The first-order valence-corrected chi connectivity index (χ1v) is 10.8. The zero-order chi connectivity index (χ0) is 17.2. The zero-order valence-corrected chi connectivity index (χ0v) is 15.5. The lowest BCUT2D eigenvalue weighted by atomic mass is 10.1. The third-order valence-corrected chi connectivity index (χ3v) is 6.54. The van der Waals surface area contributed by atoms with Gasteiger partial charge in [0, 0.05) is 60.8 Å². The van der Waals surface area contributed by atoms with Crippen molar-refractivity contribution in [3.63, 3.8) is 0 Å². The minimum Gasteiger partial charge on any atom is -0.369 e. The molecule has 0 N–H and O–H groups in total. The Morgan fingerprint density at radius 3 is 2.44 bits per heavy atom. The Balaban J connectivity index is 1.82. The maximum atomic E-state index is 13.9. The Kier molecular flexibility index (Phi) is 5.03. The van der Waals surface area contributed by atoms with Crippen molar-refractivity contribution in [1.29, 1.82) is 0 Å². The van der Waals surface area contributed by atoms with Gasteiger partial charge in [0.2, 0.25) is 0 Å². The number of fused-ring (bicyclic) bond motifs is 1. The third-order valence-electron chi connectivity index (χ3n) is 4.66. The molecule has 2 fully saturated rings. The second kappa shape index (κ2) is 7.41. The van der Waals surface area contributed by atoms with E-state index in [4.69, 9.17) is 0 Å². The van der Waals surface area contributed by atoms with Gasteiger partial charge < -0.3 is 9.80 Å². The van der Waals surface area contributed by atoms with Crippen molar-refractivity contribution in [1.82, 2.24) is 9.88 Å². The van der Waals surface area contributed by atoms with Crippen LogP contribution in [0.5, 0.6) is 0 Å². The molecule has 1 aromatic heterocycles. The Morgan fingerprint density at radius 2 is 1.72 bits per heavy atom. The Labute approximate surface area is 155 Å². The molecule has 0 radical (unpaired) electrons. The number of halogens is 1. The lowest BCUT2D eigenvalue weighted by Crippen LogP contribution is -2.40. The van der Waals surface area contributed by atoms with Gasteiger partial charge in [-0.15, -0.1) is 0 Å². The molecule has 2 saturated heterocycles. The minimum absolute atomic E-state index is 0.0205. The number of thioether (sulfide) groups is 2. The third kappa shape index (κ3) is 3.44. The van der Waals surface area contributed by atoms with E-state index in [2.05, 4.69) is 9.88 Å². The molecular weight excluding hydrogens is 357 g/mol. The highest BCUT2D eigenvalue weighted by atomic mass is 32.2. The molecule has 4 nitrogen and oxygen atoms in total. The molecule has 0 unspecified atom stereocenters. The van der Waals surface area contributed by atoms with E-state index in [1.54, 1.807) is 12.3 Å². The smallest absolute Gasteiger partial charge is 0.257 e. The first-order valence-electron chi connectivity index (χ1n) is 8.52. The van der Waals surface area contributed by atoms with Crippen LogP contribution in [-0.2, 0) is 0 Å². The van der Waals surface area contributed by atoms with Crippen molar-refractivity contribution >= 4 is 46.0 Å². The summed E-state index contributed by atoms with van der Waals surface area (Å²) in [7, 11) is 0. The molecule has 3 heterocycles. The van der Waals surface area contributed by atoms with E-state index < -0.39 is 0 Å². The molecule has 4 rings (SSSR count). The summed E-state index contributed by atoms with van der Waals surface area (Å²) in [5.41, 5.74) is 2.20. The standard InChI is InChI=1S/C18H20FN3OS2/c19-13-1-2-16-14(11-13)17(21-3-7-24-8-4-21)15(12-20-16)18(23)22-5-9-25-10-6-22/h1-2,11-12H,3-10H2. The molecule has 25 heavy (non-hydrogen) atoms. The van der Waals surface area contributed by atoms with Crippen LogP contribution in [0.1, 0.15) is 10.4 Å². The number of hydrogen-bond donors (Lipinski definition) is 0. The number of aromatic nitrogens is 1. The summed E-state index contributed by atoms with van der Waals surface area (Å²) in [6, 6.07) is 4.63. The largest absolute Gasteiger partial charge is 0.369 e. The zero-order valence-electron chi connectivity index (χ0n) is 13.9. The van der Waals surface area contributed by atoms with E-state index in [1.165, 1.54) is 12.1 Å². The number of amides is 1. The van der Waals surface area contributed by atoms with Crippen LogP contribution in [0.3, 0.4) is 0 Å². The molecule has 0 aliphatic carbocycles. The van der Waals surface area contributed by atoms with Gasteiger partial charge in [-0.05, 0) is 18.2 Å². The van der Waals surface area contributed by atoms with Crippen LogP contribution in [-0.4, -0.2) is 65.0 Å². The summed E-state index contributed by atoms with van der Waals surface area (Å²) in [5.74, 6) is 3.71. The summed E-state index contributed by atoms with van der Waals surface area (Å²) in [5, 5.41) is 0.740. The summed E-state index contributed by atoms with van der Waals surface area (Å²) >= 11 is 3.79. The van der Waals surface area contributed by atoms with Crippen molar-refractivity contribution in [2.45, 2.75) is 0 Å². The summed E-state index contributed by atoms with van der Waals surface area (Å²) in [6.07, 6.45) is 1.68. The summed E-state index contributed by atoms with van der Waals surface area (Å²) < 4.78 is 13.9. The minimum atomic E-state index is -0.291. The number of benzene rings is 1. The van der Waals surface area contributed by atoms with Gasteiger partial charge in [-0.3, -0.25) is 9.78 Å². The van der Waals surface area contributed by atoms with Gasteiger partial charge in [0.25, 0.3) is 5.91 Å². The lowest BCUT2D eigenvalue weighted by Gasteiger charge is -2.33. The van der Waals surface area contributed by atoms with E-state index in [-0.39, 0.29) is 11.7 Å². The number of pyridine rings is 1. The Morgan fingerprint density at radius 1 is 1.04 bits per heavy atom. The number of carbonyl (C=O) groups is 1. The van der Waals surface area contributed by atoms with Gasteiger partial charge in [-0.1, -0.05) is 0 Å². The van der Waals surface area contributed by atoms with E-state index >= 15 is 0 Å². The second-order valence-electron chi connectivity index (χ2n) is 6.19. The SMILES string of the molecule is O=C(c1cnc2ccc(F)cc2c1N1CCSCC1)N1CCSCC1. The molecular formula is C18H20FN3OS2. The first kappa shape index (κ1) is 17.0. The quantitative estimate of drug-likeness (QED) is 0.804. The number of nitrogens with zero attached hydrogens (tertiary/aromatic N) is 3. The highest BCUT2D eigenvalue weighted by molar-refractivity contribution is 7.99. The second-order valence-corrected chi connectivity index (χ2v) is 8.64. The van der Waals surface area contributed by atoms with Crippen molar-refractivity contribution in [3.8, 4) is 0 Å². The van der Waals surface area contributed by atoms with Crippen LogP contribution in [0.4, 0.5) is 10.1 Å². The molecule has 7 heteroatoms. The summed E-state index contributed by atoms with van der Waals surface area (Å²) in [6.45, 7) is 3.27. The van der Waals surface area contributed by atoms with Crippen molar-refractivity contribution < 1.29 is 9.18 Å². The van der Waals surface area contributed by atoms with E-state index in [0.717, 1.165) is 65.8 Å². The number of rotatable bonds is 2. The van der Waals surface area contributed by atoms with Crippen molar-refractivity contribution in [2.75, 3.05) is 54.1 Å². The maximum Gasteiger partial charge on any atom is 0.257 e. The normalized spacial score (nSPS) is 18.6. The molecule has 1 aromatic carbocycles. The number of carbonyl (C=O) groups excluding carboxylic acids is 1. The Bertz CT molecular complexity index is 789. The fourth-order valence-corrected chi connectivity index (χ4v) is 5.18. The van der Waals surface area contributed by atoms with Gasteiger partial charge >= 0.3 is 0 Å². The lowest BCUT2D eigenvalue weighted by molar-refractivity contribution is 0.0772. The van der Waals surface area contributed by atoms with E-state index in [1.807, 2.05) is 28.4 Å². The molecule has 0 bridgehead atoms. The van der Waals surface area contributed by atoms with Gasteiger partial charge in [-0.25, -0.2) is 4.39 Å². The Hall–Kier alpha value is -1.47. The fraction of sp³-hybridized carbons (Fsp3) is 0.444. The molecule has 2 aliphatic heterocycles. The fourth-order valence-electron chi connectivity index (χ4n) is 3.37. The van der Waals surface area contributed by atoms with Gasteiger partial charge in [0.15, 0.2) is 0 Å². The van der Waals surface area contributed by atoms with Crippen molar-refractivity contribution in [2.24, 2.45) is 0 Å². The predicted molar refractivity (Wildman–Crippen MR) is 104 cm³/mol. The molecule has 1 amide bonds. The topological polar surface area (TPSA) is 36.4 Å². The van der Waals surface area contributed by atoms with Crippen LogP contribution in [0, 0.1) is 5.82 Å². The summed E-state index contributed by atoms with van der Waals surface area (Å²) in [4.78, 5) is 21.7. The van der Waals surface area contributed by atoms with Crippen LogP contribution in [0.15, 0.2) is 24.4 Å². The average molecular weight is 378 g/mol. The first-order chi connectivity index (χ1) is 12.2. The van der Waals surface area contributed by atoms with Crippen molar-refractivity contribution in [3.05, 3.63) is 35.8 Å². The van der Waals surface area contributed by atoms with Crippen LogP contribution < -0.4 is 4.90 Å². The monoisotopic (exact) mass is 377 g/mol.